The number of aryl methyl sites for hydroxylation is 2. The minimum Gasteiger partial charge on any atom is -0.497 e. The molecule has 1 aromatic carbocycles. The van der Waals surface area contributed by atoms with Gasteiger partial charge in [0.2, 0.25) is 5.65 Å². The van der Waals surface area contributed by atoms with Crippen molar-refractivity contribution in [3.05, 3.63) is 54.6 Å². The van der Waals surface area contributed by atoms with Crippen LogP contribution in [-0.2, 0) is 6.54 Å². The van der Waals surface area contributed by atoms with Crippen LogP contribution in [0.1, 0.15) is 12.0 Å². The molecule has 3 heterocycles. The van der Waals surface area contributed by atoms with Crippen molar-refractivity contribution in [1.82, 2.24) is 29.6 Å². The Balaban J connectivity index is 1.51. The molecule has 8 heteroatoms. The SMILES string of the molecule is COc1ccc(-c2cc(NCCCn3cc(C)cn3)c3nncn3n2)cc1. The number of ether oxygens (including phenoxy) is 1. The van der Waals surface area contributed by atoms with Gasteiger partial charge in [-0.05, 0) is 49.2 Å². The topological polar surface area (TPSA) is 82.2 Å². The number of hydrogen-bond donors (Lipinski definition) is 1. The normalized spacial score (nSPS) is 11.0. The first-order chi connectivity index (χ1) is 13.2. The molecule has 138 valence electrons. The lowest BCUT2D eigenvalue weighted by molar-refractivity contribution is 0.415. The van der Waals surface area contributed by atoms with Gasteiger partial charge >= 0.3 is 0 Å². The monoisotopic (exact) mass is 363 g/mol. The van der Waals surface area contributed by atoms with Crippen LogP contribution in [0.4, 0.5) is 5.69 Å². The molecular formula is C19H21N7O. The maximum atomic E-state index is 5.22. The molecule has 0 aliphatic heterocycles. The van der Waals surface area contributed by atoms with Crippen molar-refractivity contribution in [2.45, 2.75) is 19.9 Å². The van der Waals surface area contributed by atoms with Crippen molar-refractivity contribution in [2.75, 3.05) is 19.0 Å². The Labute approximate surface area is 156 Å². The highest BCUT2D eigenvalue weighted by atomic mass is 16.5. The van der Waals surface area contributed by atoms with E-state index in [1.165, 1.54) is 5.56 Å². The molecule has 1 N–H and O–H groups in total. The second kappa shape index (κ2) is 7.45. The molecule has 0 radical (unpaired) electrons. The second-order valence-corrected chi connectivity index (χ2v) is 6.33. The quantitative estimate of drug-likeness (QED) is 0.509. The van der Waals surface area contributed by atoms with E-state index in [1.54, 1.807) is 18.0 Å². The number of nitrogens with zero attached hydrogens (tertiary/aromatic N) is 6. The van der Waals surface area contributed by atoms with Crippen molar-refractivity contribution >= 4 is 11.3 Å². The third kappa shape index (κ3) is 3.74. The van der Waals surface area contributed by atoms with Crippen LogP contribution in [0.3, 0.4) is 0 Å². The molecule has 0 aliphatic rings. The molecule has 0 fully saturated rings. The summed E-state index contributed by atoms with van der Waals surface area (Å²) in [6, 6.07) is 9.82. The molecule has 0 amide bonds. The molecular weight excluding hydrogens is 342 g/mol. The molecule has 27 heavy (non-hydrogen) atoms. The minimum atomic E-state index is 0.710. The zero-order valence-electron chi connectivity index (χ0n) is 15.3. The van der Waals surface area contributed by atoms with Crippen molar-refractivity contribution in [3.8, 4) is 17.0 Å². The fourth-order valence-electron chi connectivity index (χ4n) is 2.91. The van der Waals surface area contributed by atoms with Gasteiger partial charge in [-0.1, -0.05) is 0 Å². The first kappa shape index (κ1) is 17.0. The summed E-state index contributed by atoms with van der Waals surface area (Å²) in [7, 11) is 1.66. The van der Waals surface area contributed by atoms with E-state index in [2.05, 4.69) is 25.7 Å². The van der Waals surface area contributed by atoms with Crippen LogP contribution < -0.4 is 10.1 Å². The summed E-state index contributed by atoms with van der Waals surface area (Å²) in [6.07, 6.45) is 6.48. The molecule has 8 nitrogen and oxygen atoms in total. The van der Waals surface area contributed by atoms with Crippen LogP contribution >= 0.6 is 0 Å². The number of benzene rings is 1. The van der Waals surface area contributed by atoms with Gasteiger partial charge in [0.25, 0.3) is 0 Å². The number of methoxy groups -OCH3 is 1. The van der Waals surface area contributed by atoms with Gasteiger partial charge < -0.3 is 10.1 Å². The van der Waals surface area contributed by atoms with Gasteiger partial charge in [-0.2, -0.15) is 14.7 Å². The summed E-state index contributed by atoms with van der Waals surface area (Å²) < 4.78 is 8.88. The van der Waals surface area contributed by atoms with E-state index >= 15 is 0 Å². The molecule has 0 spiro atoms. The van der Waals surface area contributed by atoms with Crippen molar-refractivity contribution in [1.29, 1.82) is 0 Å². The molecule has 0 atom stereocenters. The molecule has 0 saturated heterocycles. The highest BCUT2D eigenvalue weighted by molar-refractivity contribution is 5.73. The van der Waals surface area contributed by atoms with Gasteiger partial charge in [0, 0.05) is 24.8 Å². The minimum absolute atomic E-state index is 0.710. The molecule has 0 bridgehead atoms. The van der Waals surface area contributed by atoms with Crippen LogP contribution in [0.25, 0.3) is 16.9 Å². The molecule has 0 unspecified atom stereocenters. The highest BCUT2D eigenvalue weighted by Crippen LogP contribution is 2.24. The Morgan fingerprint density at radius 1 is 1.19 bits per heavy atom. The smallest absolute Gasteiger partial charge is 0.200 e. The molecule has 0 aliphatic carbocycles. The predicted octanol–water partition coefficient (Wildman–Crippen LogP) is 2.81. The van der Waals surface area contributed by atoms with Gasteiger partial charge in [0.05, 0.1) is 24.7 Å². The van der Waals surface area contributed by atoms with Crippen molar-refractivity contribution in [3.63, 3.8) is 0 Å². The van der Waals surface area contributed by atoms with Gasteiger partial charge in [-0.25, -0.2) is 0 Å². The zero-order valence-corrected chi connectivity index (χ0v) is 15.3. The van der Waals surface area contributed by atoms with Crippen LogP contribution in [-0.4, -0.2) is 43.2 Å². The van der Waals surface area contributed by atoms with E-state index in [0.29, 0.717) is 5.65 Å². The largest absolute Gasteiger partial charge is 0.497 e. The van der Waals surface area contributed by atoms with Crippen molar-refractivity contribution < 1.29 is 4.74 Å². The third-order valence-corrected chi connectivity index (χ3v) is 4.30. The number of aromatic nitrogens is 6. The van der Waals surface area contributed by atoms with E-state index in [0.717, 1.165) is 42.2 Å². The van der Waals surface area contributed by atoms with E-state index < -0.39 is 0 Å². The third-order valence-electron chi connectivity index (χ3n) is 4.30. The summed E-state index contributed by atoms with van der Waals surface area (Å²) in [5.74, 6) is 0.816. The van der Waals surface area contributed by atoms with E-state index in [9.17, 15) is 0 Å². The fourth-order valence-corrected chi connectivity index (χ4v) is 2.91. The van der Waals surface area contributed by atoms with Crippen LogP contribution in [0.5, 0.6) is 5.75 Å². The van der Waals surface area contributed by atoms with E-state index in [-0.39, 0.29) is 0 Å². The summed E-state index contributed by atoms with van der Waals surface area (Å²) in [5, 5.41) is 20.5. The molecule has 3 aromatic heterocycles. The standard InChI is InChI=1S/C19H21N7O/c1-14-11-22-25(12-14)9-3-8-20-18-10-17(24-26-13-21-23-19(18)26)15-4-6-16(27-2)7-5-15/h4-7,10-13,20H,3,8-9H2,1-2H3. The summed E-state index contributed by atoms with van der Waals surface area (Å²) in [6.45, 7) is 3.70. The van der Waals surface area contributed by atoms with Crippen LogP contribution in [0.2, 0.25) is 0 Å². The predicted molar refractivity (Wildman–Crippen MR) is 103 cm³/mol. The van der Waals surface area contributed by atoms with E-state index in [4.69, 9.17) is 4.74 Å². The number of rotatable bonds is 7. The zero-order chi connectivity index (χ0) is 18.6. The first-order valence-electron chi connectivity index (χ1n) is 8.81. The van der Waals surface area contributed by atoms with Crippen LogP contribution in [0.15, 0.2) is 49.1 Å². The highest BCUT2D eigenvalue weighted by Gasteiger charge is 2.09. The van der Waals surface area contributed by atoms with Gasteiger partial charge in [0.15, 0.2) is 0 Å². The van der Waals surface area contributed by atoms with Crippen LogP contribution in [0, 0.1) is 6.92 Å². The Morgan fingerprint density at radius 2 is 2.04 bits per heavy atom. The Kier molecular flexibility index (Phi) is 4.69. The molecule has 0 saturated carbocycles. The maximum absolute atomic E-state index is 5.22. The van der Waals surface area contributed by atoms with Crippen molar-refractivity contribution in [2.24, 2.45) is 0 Å². The number of nitrogens with one attached hydrogen (secondary N) is 1. The lowest BCUT2D eigenvalue weighted by Crippen LogP contribution is -2.09. The fraction of sp³-hybridized carbons (Fsp3) is 0.263. The number of fused-ring (bicyclic) bond motifs is 1. The second-order valence-electron chi connectivity index (χ2n) is 6.33. The van der Waals surface area contributed by atoms with E-state index in [1.807, 2.05) is 54.3 Å². The van der Waals surface area contributed by atoms with Gasteiger partial charge in [-0.15, -0.1) is 10.2 Å². The molecule has 4 aromatic rings. The Morgan fingerprint density at radius 3 is 2.78 bits per heavy atom. The molecule has 4 rings (SSSR count). The Bertz CT molecular complexity index is 1040. The van der Waals surface area contributed by atoms with Gasteiger partial charge in [-0.3, -0.25) is 4.68 Å². The first-order valence-corrected chi connectivity index (χ1v) is 8.81. The number of anilines is 1. The lowest BCUT2D eigenvalue weighted by Gasteiger charge is -2.10. The Hall–Kier alpha value is -3.42. The summed E-state index contributed by atoms with van der Waals surface area (Å²) in [5.41, 5.74) is 4.63. The van der Waals surface area contributed by atoms with Gasteiger partial charge in [0.1, 0.15) is 12.1 Å². The average molecular weight is 363 g/mol. The summed E-state index contributed by atoms with van der Waals surface area (Å²) >= 11 is 0. The number of hydrogen-bond acceptors (Lipinski definition) is 6. The maximum Gasteiger partial charge on any atom is 0.200 e. The average Bonchev–Trinajstić information content (AvgIpc) is 3.34. The summed E-state index contributed by atoms with van der Waals surface area (Å²) in [4.78, 5) is 0. The lowest BCUT2D eigenvalue weighted by atomic mass is 10.1.